The first-order chi connectivity index (χ1) is 25.3. The van der Waals surface area contributed by atoms with Crippen LogP contribution in [0.1, 0.15) is 22.3 Å². The first-order valence-electron chi connectivity index (χ1n) is 17.6. The second kappa shape index (κ2) is 10.7. The average molecular weight is 650 g/mol. The summed E-state index contributed by atoms with van der Waals surface area (Å²) in [5.74, 6) is 0. The molecule has 2 heteroatoms. The van der Waals surface area contributed by atoms with Crippen LogP contribution >= 0.6 is 0 Å². The fraction of sp³-hybridized carbons (Fsp3) is 0.0204. The van der Waals surface area contributed by atoms with Crippen LogP contribution in [-0.2, 0) is 5.41 Å². The number of anilines is 3. The van der Waals surface area contributed by atoms with Crippen molar-refractivity contribution in [2.75, 3.05) is 4.90 Å². The number of benzene rings is 8. The topological polar surface area (TPSA) is 16.4 Å². The van der Waals surface area contributed by atoms with Gasteiger partial charge in [0.2, 0.25) is 0 Å². The third kappa shape index (κ3) is 3.76. The Morgan fingerprint density at radius 1 is 0.353 bits per heavy atom. The molecule has 0 radical (unpaired) electrons. The van der Waals surface area contributed by atoms with Gasteiger partial charge in [0.1, 0.15) is 5.58 Å². The van der Waals surface area contributed by atoms with Gasteiger partial charge in [-0.2, -0.15) is 0 Å². The van der Waals surface area contributed by atoms with E-state index in [4.69, 9.17) is 4.42 Å². The van der Waals surface area contributed by atoms with Crippen molar-refractivity contribution < 1.29 is 4.42 Å². The van der Waals surface area contributed by atoms with E-state index < -0.39 is 5.41 Å². The predicted molar refractivity (Wildman–Crippen MR) is 210 cm³/mol. The van der Waals surface area contributed by atoms with Crippen molar-refractivity contribution >= 4 is 39.0 Å². The lowest BCUT2D eigenvalue weighted by Gasteiger charge is -2.36. The zero-order chi connectivity index (χ0) is 33.5. The van der Waals surface area contributed by atoms with E-state index in [2.05, 4.69) is 187 Å². The molecular formula is C49H31NO. The molecular weight excluding hydrogens is 619 g/mol. The Kier molecular flexibility index (Phi) is 5.91. The summed E-state index contributed by atoms with van der Waals surface area (Å²) in [7, 11) is 0. The number of fused-ring (bicyclic) bond motifs is 13. The Morgan fingerprint density at radius 3 is 1.57 bits per heavy atom. The fourth-order valence-corrected chi connectivity index (χ4v) is 9.15. The van der Waals surface area contributed by atoms with Gasteiger partial charge in [-0.3, -0.25) is 0 Å². The van der Waals surface area contributed by atoms with E-state index in [1.165, 1.54) is 44.5 Å². The minimum absolute atomic E-state index is 0.516. The molecule has 2 aliphatic rings. The SMILES string of the molecule is c1ccc(-c2ccccc2N(c2cccc3c2C2(c4ccccc4-c4ccccc42)c2ccccc2-3)c2cccc3c2oc2ccccc23)cc1. The second-order valence-corrected chi connectivity index (χ2v) is 13.6. The minimum Gasteiger partial charge on any atom is -0.454 e. The molecule has 1 spiro atoms. The fourth-order valence-electron chi connectivity index (χ4n) is 9.15. The molecule has 0 saturated heterocycles. The van der Waals surface area contributed by atoms with E-state index in [9.17, 15) is 0 Å². The molecule has 2 aliphatic carbocycles. The van der Waals surface area contributed by atoms with Gasteiger partial charge in [0, 0.05) is 21.9 Å². The number of rotatable bonds is 4. The molecule has 2 nitrogen and oxygen atoms in total. The molecule has 0 aliphatic heterocycles. The van der Waals surface area contributed by atoms with Crippen LogP contribution in [-0.4, -0.2) is 0 Å². The molecule has 238 valence electrons. The van der Waals surface area contributed by atoms with Crippen LogP contribution in [0.5, 0.6) is 0 Å². The largest absolute Gasteiger partial charge is 0.454 e. The number of para-hydroxylation sites is 3. The van der Waals surface area contributed by atoms with Crippen LogP contribution < -0.4 is 4.90 Å². The summed E-state index contributed by atoms with van der Waals surface area (Å²) in [5.41, 5.74) is 17.2. The zero-order valence-corrected chi connectivity index (χ0v) is 27.8. The summed E-state index contributed by atoms with van der Waals surface area (Å²) >= 11 is 0. The minimum atomic E-state index is -0.516. The summed E-state index contributed by atoms with van der Waals surface area (Å²) in [5, 5.41) is 2.22. The lowest BCUT2D eigenvalue weighted by Crippen LogP contribution is -2.28. The van der Waals surface area contributed by atoms with Gasteiger partial charge in [0.15, 0.2) is 5.58 Å². The van der Waals surface area contributed by atoms with E-state index >= 15 is 0 Å². The van der Waals surface area contributed by atoms with Crippen molar-refractivity contribution in [3.63, 3.8) is 0 Å². The smallest absolute Gasteiger partial charge is 0.159 e. The highest BCUT2D eigenvalue weighted by Crippen LogP contribution is 2.65. The molecule has 0 unspecified atom stereocenters. The second-order valence-electron chi connectivity index (χ2n) is 13.6. The van der Waals surface area contributed by atoms with E-state index in [-0.39, 0.29) is 0 Å². The van der Waals surface area contributed by atoms with Gasteiger partial charge in [-0.1, -0.05) is 164 Å². The number of furan rings is 1. The predicted octanol–water partition coefficient (Wildman–Crippen LogP) is 13.1. The van der Waals surface area contributed by atoms with Gasteiger partial charge in [-0.25, -0.2) is 0 Å². The van der Waals surface area contributed by atoms with Crippen LogP contribution in [0.4, 0.5) is 17.1 Å². The van der Waals surface area contributed by atoms with Crippen molar-refractivity contribution in [1.29, 1.82) is 0 Å². The molecule has 0 bridgehead atoms. The van der Waals surface area contributed by atoms with Crippen molar-refractivity contribution in [3.05, 3.63) is 210 Å². The molecule has 0 fully saturated rings. The summed E-state index contributed by atoms with van der Waals surface area (Å²) in [6.45, 7) is 0. The Hall–Kier alpha value is -6.64. The maximum absolute atomic E-state index is 6.82. The van der Waals surface area contributed by atoms with Crippen LogP contribution in [0.15, 0.2) is 192 Å². The van der Waals surface area contributed by atoms with Gasteiger partial charge in [0.05, 0.1) is 22.5 Å². The number of nitrogens with zero attached hydrogens (tertiary/aromatic N) is 1. The lowest BCUT2D eigenvalue weighted by molar-refractivity contribution is 0.669. The highest BCUT2D eigenvalue weighted by Gasteiger charge is 2.53. The highest BCUT2D eigenvalue weighted by molar-refractivity contribution is 6.11. The van der Waals surface area contributed by atoms with Gasteiger partial charge in [-0.05, 0) is 68.8 Å². The Morgan fingerprint density at radius 2 is 0.843 bits per heavy atom. The van der Waals surface area contributed by atoms with Crippen LogP contribution in [0.2, 0.25) is 0 Å². The van der Waals surface area contributed by atoms with Crippen LogP contribution in [0.25, 0.3) is 55.3 Å². The third-order valence-electron chi connectivity index (χ3n) is 11.1. The molecule has 51 heavy (non-hydrogen) atoms. The summed E-state index contributed by atoms with van der Waals surface area (Å²) in [6, 6.07) is 68.4. The maximum atomic E-state index is 6.82. The molecule has 11 rings (SSSR count). The van der Waals surface area contributed by atoms with Gasteiger partial charge in [0.25, 0.3) is 0 Å². The highest BCUT2D eigenvalue weighted by atomic mass is 16.3. The van der Waals surface area contributed by atoms with Gasteiger partial charge >= 0.3 is 0 Å². The summed E-state index contributed by atoms with van der Waals surface area (Å²) in [6.07, 6.45) is 0. The number of hydrogen-bond donors (Lipinski definition) is 0. The molecule has 0 atom stereocenters. The first-order valence-corrected chi connectivity index (χ1v) is 17.6. The van der Waals surface area contributed by atoms with E-state index in [0.717, 1.165) is 50.1 Å². The van der Waals surface area contributed by atoms with Crippen LogP contribution in [0.3, 0.4) is 0 Å². The molecule has 0 saturated carbocycles. The Bertz CT molecular complexity index is 2760. The maximum Gasteiger partial charge on any atom is 0.159 e. The van der Waals surface area contributed by atoms with E-state index in [1.54, 1.807) is 0 Å². The molecule has 8 aromatic carbocycles. The van der Waals surface area contributed by atoms with E-state index in [1.807, 2.05) is 6.07 Å². The van der Waals surface area contributed by atoms with Crippen molar-refractivity contribution in [1.82, 2.24) is 0 Å². The van der Waals surface area contributed by atoms with Crippen molar-refractivity contribution in [2.24, 2.45) is 0 Å². The normalized spacial score (nSPS) is 13.3. The molecule has 9 aromatic rings. The average Bonchev–Trinajstić information content (AvgIpc) is 3.84. The Balaban J connectivity index is 1.31. The van der Waals surface area contributed by atoms with Gasteiger partial charge < -0.3 is 9.32 Å². The van der Waals surface area contributed by atoms with Crippen molar-refractivity contribution in [3.8, 4) is 33.4 Å². The molecule has 0 amide bonds. The van der Waals surface area contributed by atoms with E-state index in [0.29, 0.717) is 0 Å². The summed E-state index contributed by atoms with van der Waals surface area (Å²) in [4.78, 5) is 2.48. The Labute approximate surface area is 296 Å². The zero-order valence-electron chi connectivity index (χ0n) is 27.8. The molecule has 1 heterocycles. The van der Waals surface area contributed by atoms with Crippen LogP contribution in [0, 0.1) is 0 Å². The standard InChI is InChI=1S/C49H31NO/c1-2-16-32(17-3-1)33-18-7-12-28-43(33)50(45-30-15-24-39-37-22-8-13-31-46(37)51-48(39)45)44-29-14-23-38-36-21-6-11-27-42(36)49(47(38)44)40-25-9-4-19-34(40)35-20-5-10-26-41(35)49/h1-31H. The summed E-state index contributed by atoms with van der Waals surface area (Å²) < 4.78 is 6.82. The van der Waals surface area contributed by atoms with Crippen molar-refractivity contribution in [2.45, 2.75) is 5.41 Å². The number of hydrogen-bond acceptors (Lipinski definition) is 2. The lowest BCUT2D eigenvalue weighted by atomic mass is 9.70. The monoisotopic (exact) mass is 649 g/mol. The quantitative estimate of drug-likeness (QED) is 0.189. The first kappa shape index (κ1) is 28.2. The van der Waals surface area contributed by atoms with Gasteiger partial charge in [-0.15, -0.1) is 0 Å². The third-order valence-corrected chi connectivity index (χ3v) is 11.1. The molecule has 0 N–H and O–H groups in total. The molecule has 1 aromatic heterocycles.